The highest BCUT2D eigenvalue weighted by Gasteiger charge is 2.35. The van der Waals surface area contributed by atoms with Crippen LogP contribution in [0.4, 0.5) is 0 Å². The second-order valence-electron chi connectivity index (χ2n) is 4.97. The van der Waals surface area contributed by atoms with Crippen LogP contribution in [0.5, 0.6) is 0 Å². The Bertz CT molecular complexity index is 523. The van der Waals surface area contributed by atoms with Gasteiger partial charge in [-0.25, -0.2) is 0 Å². The molecule has 1 aromatic rings. The number of carbonyl (C=O) groups excluding carboxylic acids is 1. The van der Waals surface area contributed by atoms with Crippen molar-refractivity contribution in [1.29, 1.82) is 0 Å². The maximum Gasteiger partial charge on any atom is 0.305 e. The van der Waals surface area contributed by atoms with Gasteiger partial charge < -0.3 is 10.0 Å². The number of hydrogen-bond acceptors (Lipinski definition) is 3. The lowest BCUT2D eigenvalue weighted by molar-refractivity contribution is -0.139. The highest BCUT2D eigenvalue weighted by atomic mass is 35.5. The molecule has 1 aromatic carbocycles. The molecule has 0 radical (unpaired) electrons. The minimum Gasteiger partial charge on any atom is -0.481 e. The van der Waals surface area contributed by atoms with E-state index in [0.29, 0.717) is 23.7 Å². The molecule has 0 aliphatic carbocycles. The van der Waals surface area contributed by atoms with Crippen molar-refractivity contribution in [3.63, 3.8) is 0 Å². The number of carboxylic acid groups (broad SMARTS) is 1. The van der Waals surface area contributed by atoms with E-state index in [1.54, 1.807) is 29.2 Å². The van der Waals surface area contributed by atoms with Crippen molar-refractivity contribution in [2.75, 3.05) is 12.3 Å². The van der Waals surface area contributed by atoms with Gasteiger partial charge in [0.1, 0.15) is 0 Å². The summed E-state index contributed by atoms with van der Waals surface area (Å²) < 4.78 is 0. The number of hydrogen-bond donors (Lipinski definition) is 2. The molecule has 1 N–H and O–H groups in total. The van der Waals surface area contributed by atoms with Gasteiger partial charge in [-0.3, -0.25) is 9.59 Å². The molecule has 2 unspecified atom stereocenters. The van der Waals surface area contributed by atoms with Gasteiger partial charge in [0.2, 0.25) is 5.91 Å². The first-order chi connectivity index (χ1) is 9.51. The van der Waals surface area contributed by atoms with Crippen LogP contribution >= 0.6 is 24.2 Å². The maximum absolute atomic E-state index is 12.1. The molecule has 1 aliphatic heterocycles. The third-order valence-electron chi connectivity index (χ3n) is 3.47. The molecule has 1 amide bonds. The van der Waals surface area contributed by atoms with E-state index in [4.69, 9.17) is 16.7 Å². The van der Waals surface area contributed by atoms with Crippen LogP contribution in [0.2, 0.25) is 5.02 Å². The Morgan fingerprint density at radius 2 is 2.30 bits per heavy atom. The van der Waals surface area contributed by atoms with E-state index < -0.39 is 12.0 Å². The fourth-order valence-electron chi connectivity index (χ4n) is 2.52. The molecular formula is C14H16ClNO3S. The summed E-state index contributed by atoms with van der Waals surface area (Å²) in [5.41, 5.74) is 0.757. The first-order valence-corrected chi connectivity index (χ1v) is 7.40. The number of halogens is 1. The number of rotatable bonds is 5. The summed E-state index contributed by atoms with van der Waals surface area (Å²) in [6, 6.07) is 6.55. The molecule has 20 heavy (non-hydrogen) atoms. The number of carboxylic acids is 1. The summed E-state index contributed by atoms with van der Waals surface area (Å²) in [6.07, 6.45) is 0.311. The average molecular weight is 314 g/mol. The predicted molar refractivity (Wildman–Crippen MR) is 80.1 cm³/mol. The standard InChI is InChI=1S/C14H16ClNO3S/c15-11-3-1-2-10(5-11)12(6-14(18)19)16-7-9(8-20)4-13(16)17/h1-3,5,9,12,20H,4,6-8H2,(H,18,19). The highest BCUT2D eigenvalue weighted by molar-refractivity contribution is 7.80. The summed E-state index contributed by atoms with van der Waals surface area (Å²) in [4.78, 5) is 24.8. The van der Waals surface area contributed by atoms with Gasteiger partial charge in [-0.1, -0.05) is 23.7 Å². The third kappa shape index (κ3) is 3.46. The average Bonchev–Trinajstić information content (AvgIpc) is 2.77. The highest BCUT2D eigenvalue weighted by Crippen LogP contribution is 2.32. The number of carbonyl (C=O) groups is 2. The van der Waals surface area contributed by atoms with Gasteiger partial charge in [0.05, 0.1) is 12.5 Å². The summed E-state index contributed by atoms with van der Waals surface area (Å²) >= 11 is 10.2. The van der Waals surface area contributed by atoms with Crippen molar-refractivity contribution in [3.8, 4) is 0 Å². The zero-order valence-electron chi connectivity index (χ0n) is 10.8. The lowest BCUT2D eigenvalue weighted by Crippen LogP contribution is -2.32. The second-order valence-corrected chi connectivity index (χ2v) is 5.77. The third-order valence-corrected chi connectivity index (χ3v) is 4.23. The fraction of sp³-hybridized carbons (Fsp3) is 0.429. The molecule has 1 saturated heterocycles. The lowest BCUT2D eigenvalue weighted by Gasteiger charge is -2.27. The van der Waals surface area contributed by atoms with Crippen LogP contribution in [0.25, 0.3) is 0 Å². The molecule has 0 saturated carbocycles. The van der Waals surface area contributed by atoms with E-state index in [9.17, 15) is 9.59 Å². The minimum atomic E-state index is -0.933. The monoisotopic (exact) mass is 313 g/mol. The van der Waals surface area contributed by atoms with Crippen molar-refractivity contribution in [1.82, 2.24) is 4.90 Å². The van der Waals surface area contributed by atoms with Crippen LogP contribution in [0.1, 0.15) is 24.4 Å². The Balaban J connectivity index is 2.28. The second kappa shape index (κ2) is 6.50. The Labute approximate surface area is 128 Å². The van der Waals surface area contributed by atoms with E-state index in [1.807, 2.05) is 0 Å². The zero-order chi connectivity index (χ0) is 14.7. The Kier molecular flexibility index (Phi) is 4.94. The SMILES string of the molecule is O=C(O)CC(c1cccc(Cl)c1)N1CC(CS)CC1=O. The quantitative estimate of drug-likeness (QED) is 0.822. The van der Waals surface area contributed by atoms with Crippen LogP contribution < -0.4 is 0 Å². The molecular weight excluding hydrogens is 298 g/mol. The van der Waals surface area contributed by atoms with E-state index in [-0.39, 0.29) is 18.2 Å². The van der Waals surface area contributed by atoms with E-state index in [1.165, 1.54) is 0 Å². The molecule has 0 bridgehead atoms. The molecule has 108 valence electrons. The van der Waals surface area contributed by atoms with Gasteiger partial charge in [-0.05, 0) is 29.4 Å². The van der Waals surface area contributed by atoms with Gasteiger partial charge in [-0.15, -0.1) is 0 Å². The summed E-state index contributed by atoms with van der Waals surface area (Å²) in [7, 11) is 0. The Hall–Kier alpha value is -1.20. The van der Waals surface area contributed by atoms with Crippen molar-refractivity contribution in [2.24, 2.45) is 5.92 Å². The molecule has 4 nitrogen and oxygen atoms in total. The lowest BCUT2D eigenvalue weighted by atomic mass is 10.0. The van der Waals surface area contributed by atoms with Gasteiger partial charge in [-0.2, -0.15) is 12.6 Å². The number of likely N-dealkylation sites (tertiary alicyclic amines) is 1. The number of aliphatic carboxylic acids is 1. The number of nitrogens with zero attached hydrogens (tertiary/aromatic N) is 1. The van der Waals surface area contributed by atoms with Crippen molar-refractivity contribution < 1.29 is 14.7 Å². The fourth-order valence-corrected chi connectivity index (χ4v) is 2.96. The molecule has 1 fully saturated rings. The van der Waals surface area contributed by atoms with Crippen LogP contribution in [0.3, 0.4) is 0 Å². The van der Waals surface area contributed by atoms with E-state index >= 15 is 0 Å². The van der Waals surface area contributed by atoms with Crippen LogP contribution in [-0.4, -0.2) is 34.2 Å². The summed E-state index contributed by atoms with van der Waals surface area (Å²) in [5.74, 6) is -0.147. The number of benzene rings is 1. The number of amides is 1. The number of thiol groups is 1. The van der Waals surface area contributed by atoms with Gasteiger partial charge in [0, 0.05) is 18.0 Å². The van der Waals surface area contributed by atoms with Crippen LogP contribution in [-0.2, 0) is 9.59 Å². The summed E-state index contributed by atoms with van der Waals surface area (Å²) in [6.45, 7) is 0.548. The summed E-state index contributed by atoms with van der Waals surface area (Å²) in [5, 5.41) is 9.64. The van der Waals surface area contributed by atoms with Crippen LogP contribution in [0, 0.1) is 5.92 Å². The minimum absolute atomic E-state index is 0.0183. The molecule has 1 aliphatic rings. The predicted octanol–water partition coefficient (Wildman–Crippen LogP) is 2.63. The topological polar surface area (TPSA) is 57.6 Å². The van der Waals surface area contributed by atoms with Crippen molar-refractivity contribution >= 4 is 36.1 Å². The first-order valence-electron chi connectivity index (χ1n) is 6.39. The zero-order valence-corrected chi connectivity index (χ0v) is 12.5. The Morgan fingerprint density at radius 1 is 1.55 bits per heavy atom. The molecule has 0 aromatic heterocycles. The molecule has 2 atom stereocenters. The van der Waals surface area contributed by atoms with E-state index in [0.717, 1.165) is 5.56 Å². The molecule has 6 heteroatoms. The Morgan fingerprint density at radius 3 is 2.85 bits per heavy atom. The van der Waals surface area contributed by atoms with Gasteiger partial charge >= 0.3 is 5.97 Å². The largest absolute Gasteiger partial charge is 0.481 e. The van der Waals surface area contributed by atoms with Crippen LogP contribution in [0.15, 0.2) is 24.3 Å². The van der Waals surface area contributed by atoms with Crippen molar-refractivity contribution in [3.05, 3.63) is 34.9 Å². The van der Waals surface area contributed by atoms with E-state index in [2.05, 4.69) is 12.6 Å². The smallest absolute Gasteiger partial charge is 0.305 e. The molecule has 1 heterocycles. The van der Waals surface area contributed by atoms with Crippen molar-refractivity contribution in [2.45, 2.75) is 18.9 Å². The van der Waals surface area contributed by atoms with Gasteiger partial charge in [0.25, 0.3) is 0 Å². The van der Waals surface area contributed by atoms with Gasteiger partial charge in [0.15, 0.2) is 0 Å². The molecule has 2 rings (SSSR count). The molecule has 0 spiro atoms. The normalized spacial score (nSPS) is 20.2. The maximum atomic E-state index is 12.1. The first kappa shape index (κ1) is 15.2.